The molecule has 0 bridgehead atoms. The fourth-order valence-corrected chi connectivity index (χ4v) is 2.56. The Morgan fingerprint density at radius 3 is 3.10 bits per heavy atom. The van der Waals surface area contributed by atoms with Crippen molar-refractivity contribution in [3.63, 3.8) is 0 Å². The zero-order chi connectivity index (χ0) is 14.1. The molecule has 106 valence electrons. The first-order chi connectivity index (χ1) is 9.70. The standard InChI is InChI=1S/C13H16N4O3/c1-3-10-11(14-7-19-10)13(18)17-6-4-5-9(17)12-15-8(2)20-16-12/h7,9H,3-6H2,1-2H3/t9-/m0/s1. The maximum Gasteiger partial charge on any atom is 0.276 e. The van der Waals surface area contributed by atoms with E-state index >= 15 is 0 Å². The van der Waals surface area contributed by atoms with Crippen LogP contribution < -0.4 is 0 Å². The highest BCUT2D eigenvalue weighted by Crippen LogP contribution is 2.31. The van der Waals surface area contributed by atoms with E-state index in [-0.39, 0.29) is 11.9 Å². The van der Waals surface area contributed by atoms with Crippen LogP contribution in [0, 0.1) is 6.92 Å². The Balaban J connectivity index is 1.87. The minimum Gasteiger partial charge on any atom is -0.448 e. The Kier molecular flexibility index (Phi) is 3.25. The third kappa shape index (κ3) is 2.09. The molecule has 1 fully saturated rings. The highest BCUT2D eigenvalue weighted by atomic mass is 16.5. The molecular weight excluding hydrogens is 260 g/mol. The summed E-state index contributed by atoms with van der Waals surface area (Å²) in [5.41, 5.74) is 0.389. The van der Waals surface area contributed by atoms with Crippen molar-refractivity contribution in [2.24, 2.45) is 0 Å². The van der Waals surface area contributed by atoms with Gasteiger partial charge in [0.2, 0.25) is 5.89 Å². The maximum atomic E-state index is 12.6. The fraction of sp³-hybridized carbons (Fsp3) is 0.538. The minimum absolute atomic E-state index is 0.124. The molecule has 1 aliphatic heterocycles. The maximum absolute atomic E-state index is 12.6. The van der Waals surface area contributed by atoms with Crippen LogP contribution in [0.3, 0.4) is 0 Å². The zero-order valence-corrected chi connectivity index (χ0v) is 11.5. The Hall–Kier alpha value is -2.18. The molecule has 1 amide bonds. The van der Waals surface area contributed by atoms with Crippen molar-refractivity contribution in [1.29, 1.82) is 0 Å². The van der Waals surface area contributed by atoms with Gasteiger partial charge < -0.3 is 13.8 Å². The average molecular weight is 276 g/mol. The third-order valence-electron chi connectivity index (χ3n) is 3.52. The fourth-order valence-electron chi connectivity index (χ4n) is 2.56. The van der Waals surface area contributed by atoms with Crippen LogP contribution in [-0.2, 0) is 6.42 Å². The van der Waals surface area contributed by atoms with E-state index in [1.165, 1.54) is 6.39 Å². The predicted octanol–water partition coefficient (Wildman–Crippen LogP) is 1.91. The van der Waals surface area contributed by atoms with Gasteiger partial charge in [-0.1, -0.05) is 12.1 Å². The molecule has 20 heavy (non-hydrogen) atoms. The Labute approximate surface area is 116 Å². The SMILES string of the molecule is CCc1ocnc1C(=O)N1CCC[C@H]1c1noc(C)n1. The Bertz CT molecular complexity index is 619. The van der Waals surface area contributed by atoms with E-state index < -0.39 is 0 Å². The summed E-state index contributed by atoms with van der Waals surface area (Å²) in [4.78, 5) is 22.6. The first-order valence-corrected chi connectivity index (χ1v) is 6.74. The van der Waals surface area contributed by atoms with Gasteiger partial charge in [0.05, 0.1) is 6.04 Å². The van der Waals surface area contributed by atoms with Crippen molar-refractivity contribution >= 4 is 5.91 Å². The lowest BCUT2D eigenvalue weighted by Crippen LogP contribution is -2.32. The first-order valence-electron chi connectivity index (χ1n) is 6.74. The van der Waals surface area contributed by atoms with E-state index in [0.29, 0.717) is 36.1 Å². The van der Waals surface area contributed by atoms with Gasteiger partial charge in [-0.25, -0.2) is 4.98 Å². The summed E-state index contributed by atoms with van der Waals surface area (Å²) >= 11 is 0. The van der Waals surface area contributed by atoms with Gasteiger partial charge in [0, 0.05) is 19.9 Å². The number of hydrogen-bond acceptors (Lipinski definition) is 6. The molecule has 7 heteroatoms. The second-order valence-corrected chi connectivity index (χ2v) is 4.81. The zero-order valence-electron chi connectivity index (χ0n) is 11.5. The number of amides is 1. The van der Waals surface area contributed by atoms with Gasteiger partial charge >= 0.3 is 0 Å². The van der Waals surface area contributed by atoms with Crippen molar-refractivity contribution in [1.82, 2.24) is 20.0 Å². The van der Waals surface area contributed by atoms with Crippen LogP contribution in [0.4, 0.5) is 0 Å². The third-order valence-corrected chi connectivity index (χ3v) is 3.52. The molecule has 3 rings (SSSR count). The second-order valence-electron chi connectivity index (χ2n) is 4.81. The van der Waals surface area contributed by atoms with Crippen LogP contribution in [0.15, 0.2) is 15.3 Å². The molecule has 0 aromatic carbocycles. The minimum atomic E-state index is -0.138. The molecule has 1 aliphatic rings. The molecule has 0 spiro atoms. The van der Waals surface area contributed by atoms with Crippen LogP contribution in [-0.4, -0.2) is 32.5 Å². The normalized spacial score (nSPS) is 18.7. The number of rotatable bonds is 3. The van der Waals surface area contributed by atoms with Crippen molar-refractivity contribution in [2.75, 3.05) is 6.54 Å². The number of hydrogen-bond donors (Lipinski definition) is 0. The Morgan fingerprint density at radius 2 is 2.40 bits per heavy atom. The predicted molar refractivity (Wildman–Crippen MR) is 67.9 cm³/mol. The number of aryl methyl sites for hydroxylation is 2. The molecule has 7 nitrogen and oxygen atoms in total. The molecule has 2 aromatic rings. The molecule has 1 atom stereocenters. The summed E-state index contributed by atoms with van der Waals surface area (Å²) in [7, 11) is 0. The molecule has 0 saturated carbocycles. The van der Waals surface area contributed by atoms with E-state index in [9.17, 15) is 4.79 Å². The van der Waals surface area contributed by atoms with Crippen molar-refractivity contribution in [3.8, 4) is 0 Å². The lowest BCUT2D eigenvalue weighted by atomic mass is 10.2. The topological polar surface area (TPSA) is 85.3 Å². The lowest BCUT2D eigenvalue weighted by molar-refractivity contribution is 0.0721. The van der Waals surface area contributed by atoms with E-state index in [1.807, 2.05) is 6.92 Å². The summed E-state index contributed by atoms with van der Waals surface area (Å²) in [5, 5.41) is 3.93. The first kappa shape index (κ1) is 12.8. The molecule has 0 N–H and O–H groups in total. The molecule has 3 heterocycles. The van der Waals surface area contributed by atoms with Gasteiger partial charge in [0.15, 0.2) is 17.9 Å². The quantitative estimate of drug-likeness (QED) is 0.851. The van der Waals surface area contributed by atoms with E-state index in [2.05, 4.69) is 15.1 Å². The van der Waals surface area contributed by atoms with Crippen LogP contribution in [0.1, 0.15) is 53.8 Å². The van der Waals surface area contributed by atoms with Crippen LogP contribution in [0.25, 0.3) is 0 Å². The van der Waals surface area contributed by atoms with Crippen molar-refractivity contribution < 1.29 is 13.7 Å². The number of aromatic nitrogens is 3. The number of carbonyl (C=O) groups is 1. The molecule has 0 aliphatic carbocycles. The summed E-state index contributed by atoms with van der Waals surface area (Å²) in [6, 6.07) is -0.138. The molecule has 0 radical (unpaired) electrons. The lowest BCUT2D eigenvalue weighted by Gasteiger charge is -2.21. The van der Waals surface area contributed by atoms with E-state index in [4.69, 9.17) is 8.94 Å². The number of nitrogens with zero attached hydrogens (tertiary/aromatic N) is 4. The molecule has 1 saturated heterocycles. The van der Waals surface area contributed by atoms with E-state index in [1.54, 1.807) is 11.8 Å². The summed E-state index contributed by atoms with van der Waals surface area (Å²) in [6.45, 7) is 4.35. The average Bonchev–Trinajstić information content (AvgIpc) is 3.17. The van der Waals surface area contributed by atoms with Gasteiger partial charge in [-0.15, -0.1) is 0 Å². The smallest absolute Gasteiger partial charge is 0.276 e. The second kappa shape index (κ2) is 5.07. The van der Waals surface area contributed by atoms with Gasteiger partial charge in [0.1, 0.15) is 5.76 Å². The van der Waals surface area contributed by atoms with Gasteiger partial charge in [-0.2, -0.15) is 4.98 Å². The molecule has 0 unspecified atom stereocenters. The van der Waals surface area contributed by atoms with Gasteiger partial charge in [0.25, 0.3) is 5.91 Å². The Morgan fingerprint density at radius 1 is 1.55 bits per heavy atom. The van der Waals surface area contributed by atoms with Crippen LogP contribution in [0.2, 0.25) is 0 Å². The van der Waals surface area contributed by atoms with Crippen LogP contribution in [0.5, 0.6) is 0 Å². The highest BCUT2D eigenvalue weighted by Gasteiger charge is 2.35. The van der Waals surface area contributed by atoms with Crippen molar-refractivity contribution in [2.45, 2.75) is 39.2 Å². The summed E-state index contributed by atoms with van der Waals surface area (Å²) < 4.78 is 10.2. The largest absolute Gasteiger partial charge is 0.448 e. The number of likely N-dealkylation sites (tertiary alicyclic amines) is 1. The number of oxazole rings is 1. The van der Waals surface area contributed by atoms with Crippen molar-refractivity contribution in [3.05, 3.63) is 29.6 Å². The molecular formula is C13H16N4O3. The number of carbonyl (C=O) groups excluding carboxylic acids is 1. The summed E-state index contributed by atoms with van der Waals surface area (Å²) in [6.07, 6.45) is 3.71. The van der Waals surface area contributed by atoms with Gasteiger partial charge in [-0.05, 0) is 12.8 Å². The highest BCUT2D eigenvalue weighted by molar-refractivity contribution is 5.93. The van der Waals surface area contributed by atoms with E-state index in [0.717, 1.165) is 12.8 Å². The monoisotopic (exact) mass is 276 g/mol. The summed E-state index contributed by atoms with van der Waals surface area (Å²) in [5.74, 6) is 1.57. The molecule has 2 aromatic heterocycles. The van der Waals surface area contributed by atoms with Gasteiger partial charge in [-0.3, -0.25) is 4.79 Å². The van der Waals surface area contributed by atoms with Crippen LogP contribution >= 0.6 is 0 Å².